The third kappa shape index (κ3) is 3.78. The number of unbranched alkanes of at least 4 members (excludes halogenated alkanes) is 1. The first-order valence-electron chi connectivity index (χ1n) is 6.87. The molecule has 19 heavy (non-hydrogen) atoms. The first-order valence-corrected chi connectivity index (χ1v) is 6.87. The molecule has 2 rings (SSSR count). The number of nitrogens with zero attached hydrogens (tertiary/aromatic N) is 2. The minimum atomic E-state index is 0.634. The smallest absolute Gasteiger partial charge is 0.159 e. The highest BCUT2D eigenvalue weighted by Crippen LogP contribution is 2.18. The second-order valence-electron chi connectivity index (χ2n) is 4.48. The van der Waals surface area contributed by atoms with Crippen molar-refractivity contribution in [2.45, 2.75) is 33.1 Å². The van der Waals surface area contributed by atoms with Crippen LogP contribution in [0.25, 0.3) is 11.4 Å². The van der Waals surface area contributed by atoms with Crippen LogP contribution < -0.4 is 4.74 Å². The monoisotopic (exact) mass is 256 g/mol. The van der Waals surface area contributed by atoms with Crippen LogP contribution in [-0.2, 0) is 6.42 Å². The Kier molecular flexibility index (Phi) is 4.90. The Bertz CT molecular complexity index is 491. The molecule has 0 spiro atoms. The summed E-state index contributed by atoms with van der Waals surface area (Å²) < 4.78 is 5.34. The van der Waals surface area contributed by atoms with Crippen LogP contribution in [0.1, 0.15) is 32.3 Å². The van der Waals surface area contributed by atoms with Crippen LogP contribution in [0, 0.1) is 0 Å². The number of aryl methyl sites for hydroxylation is 1. The van der Waals surface area contributed by atoms with Crippen LogP contribution in [0.15, 0.2) is 36.7 Å². The largest absolute Gasteiger partial charge is 0.491 e. The molecule has 0 N–H and O–H groups in total. The van der Waals surface area contributed by atoms with E-state index >= 15 is 0 Å². The molecule has 3 nitrogen and oxygen atoms in total. The highest BCUT2D eigenvalue weighted by Gasteiger charge is 2.02. The van der Waals surface area contributed by atoms with E-state index in [1.165, 1.54) is 18.4 Å². The Labute approximate surface area is 114 Å². The lowest BCUT2D eigenvalue weighted by atomic mass is 10.1. The lowest BCUT2D eigenvalue weighted by molar-refractivity contribution is 0.337. The standard InChI is InChI=1S/C16H20N2O/c1-3-5-6-13-7-9-14(10-8-13)16-17-11-15(12-18-16)19-4-2/h7-12H,3-6H2,1-2H3. The summed E-state index contributed by atoms with van der Waals surface area (Å²) in [6.45, 7) is 4.79. The summed E-state index contributed by atoms with van der Waals surface area (Å²) in [6.07, 6.45) is 7.04. The lowest BCUT2D eigenvalue weighted by Gasteiger charge is -2.05. The van der Waals surface area contributed by atoms with Crippen molar-refractivity contribution in [3.8, 4) is 17.1 Å². The summed E-state index contributed by atoms with van der Waals surface area (Å²) in [5.74, 6) is 1.45. The van der Waals surface area contributed by atoms with Crippen molar-refractivity contribution in [2.24, 2.45) is 0 Å². The summed E-state index contributed by atoms with van der Waals surface area (Å²) in [4.78, 5) is 8.65. The number of aromatic nitrogens is 2. The molecule has 0 bridgehead atoms. The first-order chi connectivity index (χ1) is 9.33. The van der Waals surface area contributed by atoms with Gasteiger partial charge in [-0.1, -0.05) is 37.6 Å². The van der Waals surface area contributed by atoms with Gasteiger partial charge in [0.25, 0.3) is 0 Å². The molecule has 0 fully saturated rings. The molecule has 0 radical (unpaired) electrons. The fourth-order valence-corrected chi connectivity index (χ4v) is 1.91. The van der Waals surface area contributed by atoms with Gasteiger partial charge in [-0.2, -0.15) is 0 Å². The van der Waals surface area contributed by atoms with E-state index in [1.54, 1.807) is 12.4 Å². The van der Waals surface area contributed by atoms with Crippen LogP contribution in [0.3, 0.4) is 0 Å². The number of rotatable bonds is 6. The first kappa shape index (κ1) is 13.5. The zero-order chi connectivity index (χ0) is 13.5. The summed E-state index contributed by atoms with van der Waals surface area (Å²) in [6, 6.07) is 8.48. The molecule has 0 aliphatic heterocycles. The molecular formula is C16H20N2O. The second-order valence-corrected chi connectivity index (χ2v) is 4.48. The molecule has 0 amide bonds. The molecule has 3 heteroatoms. The van der Waals surface area contributed by atoms with E-state index in [4.69, 9.17) is 4.74 Å². The molecule has 0 saturated carbocycles. The molecule has 0 unspecified atom stereocenters. The van der Waals surface area contributed by atoms with E-state index in [0.717, 1.165) is 17.8 Å². The molecule has 0 aliphatic carbocycles. The predicted octanol–water partition coefficient (Wildman–Crippen LogP) is 3.88. The third-order valence-corrected chi connectivity index (χ3v) is 2.97. The van der Waals surface area contributed by atoms with E-state index in [9.17, 15) is 0 Å². The summed E-state index contributed by atoms with van der Waals surface area (Å²) in [5, 5.41) is 0. The van der Waals surface area contributed by atoms with Crippen LogP contribution in [0.2, 0.25) is 0 Å². The van der Waals surface area contributed by atoms with Crippen molar-refractivity contribution in [2.75, 3.05) is 6.61 Å². The number of hydrogen-bond acceptors (Lipinski definition) is 3. The maximum Gasteiger partial charge on any atom is 0.159 e. The van der Waals surface area contributed by atoms with Crippen LogP contribution >= 0.6 is 0 Å². The van der Waals surface area contributed by atoms with Gasteiger partial charge in [0, 0.05) is 5.56 Å². The Morgan fingerprint density at radius 3 is 2.26 bits per heavy atom. The molecule has 1 aromatic carbocycles. The molecule has 1 aromatic heterocycles. The van der Waals surface area contributed by atoms with Gasteiger partial charge in [-0.25, -0.2) is 9.97 Å². The SMILES string of the molecule is CCCCc1ccc(-c2ncc(OCC)cn2)cc1. The quantitative estimate of drug-likeness (QED) is 0.786. The van der Waals surface area contributed by atoms with Crippen molar-refractivity contribution in [3.05, 3.63) is 42.2 Å². The summed E-state index contributed by atoms with van der Waals surface area (Å²) in [7, 11) is 0. The molecular weight excluding hydrogens is 236 g/mol. The summed E-state index contributed by atoms with van der Waals surface area (Å²) >= 11 is 0. The summed E-state index contributed by atoms with van der Waals surface area (Å²) in [5.41, 5.74) is 2.42. The fourth-order valence-electron chi connectivity index (χ4n) is 1.91. The van der Waals surface area contributed by atoms with E-state index in [-0.39, 0.29) is 0 Å². The number of ether oxygens (including phenoxy) is 1. The van der Waals surface area contributed by atoms with E-state index in [1.807, 2.05) is 6.92 Å². The van der Waals surface area contributed by atoms with Crippen molar-refractivity contribution in [1.29, 1.82) is 0 Å². The maximum absolute atomic E-state index is 5.34. The van der Waals surface area contributed by atoms with Crippen molar-refractivity contribution in [3.63, 3.8) is 0 Å². The number of benzene rings is 1. The fraction of sp³-hybridized carbons (Fsp3) is 0.375. The van der Waals surface area contributed by atoms with Gasteiger partial charge in [0.2, 0.25) is 0 Å². The topological polar surface area (TPSA) is 35.0 Å². The van der Waals surface area contributed by atoms with E-state index < -0.39 is 0 Å². The van der Waals surface area contributed by atoms with Gasteiger partial charge in [-0.05, 0) is 25.3 Å². The molecule has 1 heterocycles. The predicted molar refractivity (Wildman–Crippen MR) is 77.2 cm³/mol. The maximum atomic E-state index is 5.34. The van der Waals surface area contributed by atoms with E-state index in [0.29, 0.717) is 12.4 Å². The van der Waals surface area contributed by atoms with Crippen molar-refractivity contribution in [1.82, 2.24) is 9.97 Å². The van der Waals surface area contributed by atoms with Gasteiger partial charge < -0.3 is 4.74 Å². The van der Waals surface area contributed by atoms with Gasteiger partial charge in [-0.15, -0.1) is 0 Å². The van der Waals surface area contributed by atoms with Gasteiger partial charge >= 0.3 is 0 Å². The molecule has 0 atom stereocenters. The minimum Gasteiger partial charge on any atom is -0.491 e. The average Bonchev–Trinajstić information content (AvgIpc) is 2.47. The highest BCUT2D eigenvalue weighted by molar-refractivity contribution is 5.55. The van der Waals surface area contributed by atoms with Crippen molar-refractivity contribution >= 4 is 0 Å². The Morgan fingerprint density at radius 2 is 1.68 bits per heavy atom. The van der Waals surface area contributed by atoms with Crippen LogP contribution in [0.5, 0.6) is 5.75 Å². The Balaban J connectivity index is 2.08. The van der Waals surface area contributed by atoms with Crippen LogP contribution in [0.4, 0.5) is 0 Å². The average molecular weight is 256 g/mol. The zero-order valence-corrected chi connectivity index (χ0v) is 11.6. The van der Waals surface area contributed by atoms with Gasteiger partial charge in [0.05, 0.1) is 19.0 Å². The second kappa shape index (κ2) is 6.88. The van der Waals surface area contributed by atoms with Gasteiger partial charge in [0.15, 0.2) is 11.6 Å². The third-order valence-electron chi connectivity index (χ3n) is 2.97. The number of hydrogen-bond donors (Lipinski definition) is 0. The Hall–Kier alpha value is -1.90. The van der Waals surface area contributed by atoms with Gasteiger partial charge in [-0.3, -0.25) is 0 Å². The molecule has 0 aliphatic rings. The molecule has 0 saturated heterocycles. The highest BCUT2D eigenvalue weighted by atomic mass is 16.5. The van der Waals surface area contributed by atoms with Crippen molar-refractivity contribution < 1.29 is 4.74 Å². The molecule has 2 aromatic rings. The zero-order valence-electron chi connectivity index (χ0n) is 11.6. The Morgan fingerprint density at radius 1 is 1.00 bits per heavy atom. The lowest BCUT2D eigenvalue weighted by Crippen LogP contribution is -1.95. The normalized spacial score (nSPS) is 10.4. The van der Waals surface area contributed by atoms with Gasteiger partial charge in [0.1, 0.15) is 0 Å². The molecule has 100 valence electrons. The van der Waals surface area contributed by atoms with Crippen LogP contribution in [-0.4, -0.2) is 16.6 Å². The minimum absolute atomic E-state index is 0.634. The van der Waals surface area contributed by atoms with E-state index in [2.05, 4.69) is 41.2 Å².